The Balaban J connectivity index is 2.11. The number of hydrogen-bond donors (Lipinski definition) is 2. The average Bonchev–Trinajstić information content (AvgIpc) is 2.48. The van der Waals surface area contributed by atoms with Gasteiger partial charge in [-0.25, -0.2) is 8.42 Å². The Labute approximate surface area is 126 Å². The number of rotatable bonds is 6. The van der Waals surface area contributed by atoms with Crippen LogP contribution in [0.3, 0.4) is 0 Å². The monoisotopic (exact) mass is 306 g/mol. The molecule has 0 bridgehead atoms. The molecule has 0 saturated carbocycles. The minimum absolute atomic E-state index is 0.251. The van der Waals surface area contributed by atoms with Gasteiger partial charge in [-0.3, -0.25) is 0 Å². The molecule has 112 valence electrons. The first-order chi connectivity index (χ1) is 10.1. The molecule has 0 aliphatic carbocycles. The van der Waals surface area contributed by atoms with Gasteiger partial charge in [0.25, 0.3) is 0 Å². The van der Waals surface area contributed by atoms with Crippen LogP contribution in [0.2, 0.25) is 0 Å². The molecular weight excluding hydrogens is 288 g/mol. The first-order valence-electron chi connectivity index (χ1n) is 6.66. The van der Waals surface area contributed by atoms with E-state index < -0.39 is 22.9 Å². The minimum atomic E-state index is -2.59. The predicted molar refractivity (Wildman–Crippen MR) is 80.7 cm³/mol. The standard InChI is InChI=1S/C16H18O4S/c1-12(17)16(20-11-13-5-3-2-4-6-13)14-7-9-15(10-8-14)21(18)19/h2-10,12,16-17,21H,11H2,1H3/t12-,16?/m1/s1. The zero-order chi connectivity index (χ0) is 15.2. The maximum Gasteiger partial charge on any atom is 0.168 e. The molecule has 2 aromatic carbocycles. The van der Waals surface area contributed by atoms with E-state index in [9.17, 15) is 13.5 Å². The maximum absolute atomic E-state index is 10.9. The van der Waals surface area contributed by atoms with Crippen LogP contribution in [-0.2, 0) is 22.0 Å². The van der Waals surface area contributed by atoms with Crippen LogP contribution in [0.4, 0.5) is 0 Å². The van der Waals surface area contributed by atoms with Crippen molar-refractivity contribution in [3.05, 3.63) is 65.7 Å². The number of ether oxygens (including phenoxy) is 1. The molecule has 0 saturated heterocycles. The second kappa shape index (κ2) is 7.36. The zero-order valence-electron chi connectivity index (χ0n) is 11.7. The molecule has 0 aliphatic heterocycles. The Kier molecular flexibility index (Phi) is 5.50. The lowest BCUT2D eigenvalue weighted by Gasteiger charge is -2.21. The second-order valence-corrected chi connectivity index (χ2v) is 5.84. The number of benzene rings is 2. The van der Waals surface area contributed by atoms with E-state index in [4.69, 9.17) is 4.74 Å². The van der Waals surface area contributed by atoms with E-state index in [1.165, 1.54) is 12.1 Å². The van der Waals surface area contributed by atoms with Crippen molar-refractivity contribution >= 4 is 10.7 Å². The van der Waals surface area contributed by atoms with Gasteiger partial charge in [-0.1, -0.05) is 42.5 Å². The predicted octanol–water partition coefficient (Wildman–Crippen LogP) is 2.30. The molecule has 5 heteroatoms. The summed E-state index contributed by atoms with van der Waals surface area (Å²) in [5.41, 5.74) is 1.77. The van der Waals surface area contributed by atoms with Gasteiger partial charge in [0.1, 0.15) is 6.10 Å². The lowest BCUT2D eigenvalue weighted by atomic mass is 10.1. The van der Waals surface area contributed by atoms with Gasteiger partial charge in [0.05, 0.1) is 17.6 Å². The number of hydrogen-bond acceptors (Lipinski definition) is 4. The van der Waals surface area contributed by atoms with E-state index in [1.807, 2.05) is 30.3 Å². The highest BCUT2D eigenvalue weighted by atomic mass is 32.2. The molecule has 0 aliphatic rings. The van der Waals surface area contributed by atoms with E-state index in [0.29, 0.717) is 6.61 Å². The van der Waals surface area contributed by atoms with Gasteiger partial charge in [0.2, 0.25) is 0 Å². The average molecular weight is 306 g/mol. The van der Waals surface area contributed by atoms with Crippen molar-refractivity contribution in [2.24, 2.45) is 0 Å². The topological polar surface area (TPSA) is 63.6 Å². The molecule has 0 aromatic heterocycles. The summed E-state index contributed by atoms with van der Waals surface area (Å²) in [5.74, 6) is 0. The van der Waals surface area contributed by atoms with E-state index in [2.05, 4.69) is 0 Å². The van der Waals surface area contributed by atoms with Gasteiger partial charge in [-0.15, -0.1) is 0 Å². The molecule has 0 radical (unpaired) electrons. The van der Waals surface area contributed by atoms with Crippen molar-refractivity contribution in [1.29, 1.82) is 0 Å². The molecule has 0 heterocycles. The Bertz CT molecular complexity index is 625. The largest absolute Gasteiger partial charge is 0.390 e. The first kappa shape index (κ1) is 15.7. The van der Waals surface area contributed by atoms with Gasteiger partial charge in [-0.05, 0) is 30.2 Å². The van der Waals surface area contributed by atoms with Gasteiger partial charge in [0, 0.05) is 0 Å². The highest BCUT2D eigenvalue weighted by molar-refractivity contribution is 7.72. The Hall–Kier alpha value is -1.69. The molecule has 21 heavy (non-hydrogen) atoms. The second-order valence-electron chi connectivity index (χ2n) is 4.81. The quantitative estimate of drug-likeness (QED) is 0.804. The van der Waals surface area contributed by atoms with Gasteiger partial charge < -0.3 is 9.84 Å². The highest BCUT2D eigenvalue weighted by Gasteiger charge is 2.18. The Morgan fingerprint density at radius 1 is 1.05 bits per heavy atom. The van der Waals surface area contributed by atoms with Crippen molar-refractivity contribution in [2.75, 3.05) is 0 Å². The highest BCUT2D eigenvalue weighted by Crippen LogP contribution is 2.23. The van der Waals surface area contributed by atoms with Crippen LogP contribution >= 0.6 is 0 Å². The molecule has 0 amide bonds. The molecule has 2 aromatic rings. The lowest BCUT2D eigenvalue weighted by molar-refractivity contribution is -0.0401. The van der Waals surface area contributed by atoms with E-state index >= 15 is 0 Å². The lowest BCUT2D eigenvalue weighted by Crippen LogP contribution is -2.18. The third-order valence-electron chi connectivity index (χ3n) is 3.14. The molecule has 1 unspecified atom stereocenters. The maximum atomic E-state index is 10.9. The summed E-state index contributed by atoms with van der Waals surface area (Å²) >= 11 is 0. The van der Waals surface area contributed by atoms with Crippen LogP contribution in [-0.4, -0.2) is 19.6 Å². The van der Waals surface area contributed by atoms with Crippen LogP contribution in [0.5, 0.6) is 0 Å². The molecular formula is C16H18O4S. The summed E-state index contributed by atoms with van der Waals surface area (Å²) in [7, 11) is -2.59. The summed E-state index contributed by atoms with van der Waals surface area (Å²) in [5, 5.41) is 9.88. The summed E-state index contributed by atoms with van der Waals surface area (Å²) in [6.45, 7) is 2.03. The Morgan fingerprint density at radius 2 is 1.67 bits per heavy atom. The summed E-state index contributed by atoms with van der Waals surface area (Å²) in [4.78, 5) is 0.251. The van der Waals surface area contributed by atoms with E-state index in [1.54, 1.807) is 19.1 Å². The van der Waals surface area contributed by atoms with Crippen LogP contribution in [0, 0.1) is 0 Å². The molecule has 0 spiro atoms. The van der Waals surface area contributed by atoms with E-state index in [-0.39, 0.29) is 4.90 Å². The number of aliphatic hydroxyl groups is 1. The third-order valence-corrected chi connectivity index (χ3v) is 3.86. The fourth-order valence-corrected chi connectivity index (χ4v) is 2.45. The fourth-order valence-electron chi connectivity index (χ4n) is 2.06. The van der Waals surface area contributed by atoms with E-state index in [0.717, 1.165) is 11.1 Å². The molecule has 2 atom stereocenters. The van der Waals surface area contributed by atoms with Gasteiger partial charge in [-0.2, -0.15) is 0 Å². The SMILES string of the molecule is C[C@@H](O)C(OCc1ccccc1)c1ccc([SH](=O)=O)cc1. The smallest absolute Gasteiger partial charge is 0.168 e. The molecule has 2 rings (SSSR count). The van der Waals surface area contributed by atoms with Gasteiger partial charge in [0.15, 0.2) is 10.7 Å². The summed E-state index contributed by atoms with van der Waals surface area (Å²) in [6.07, 6.45) is -1.19. The van der Waals surface area contributed by atoms with Crippen LogP contribution in [0.1, 0.15) is 24.2 Å². The van der Waals surface area contributed by atoms with Crippen molar-refractivity contribution in [3.8, 4) is 0 Å². The van der Waals surface area contributed by atoms with Crippen molar-refractivity contribution in [1.82, 2.24) is 0 Å². The molecule has 1 N–H and O–H groups in total. The Morgan fingerprint density at radius 3 is 2.19 bits per heavy atom. The van der Waals surface area contributed by atoms with Crippen LogP contribution < -0.4 is 0 Å². The summed E-state index contributed by atoms with van der Waals surface area (Å²) < 4.78 is 27.5. The van der Waals surface area contributed by atoms with Crippen LogP contribution in [0.15, 0.2) is 59.5 Å². The van der Waals surface area contributed by atoms with Crippen molar-refractivity contribution in [3.63, 3.8) is 0 Å². The summed E-state index contributed by atoms with van der Waals surface area (Å²) in [6, 6.07) is 16.1. The molecule has 4 nitrogen and oxygen atoms in total. The van der Waals surface area contributed by atoms with Crippen molar-refractivity contribution < 1.29 is 18.3 Å². The minimum Gasteiger partial charge on any atom is -0.390 e. The van der Waals surface area contributed by atoms with Gasteiger partial charge >= 0.3 is 0 Å². The van der Waals surface area contributed by atoms with Crippen molar-refractivity contribution in [2.45, 2.75) is 30.6 Å². The molecule has 0 fully saturated rings. The number of aliphatic hydroxyl groups excluding tert-OH is 1. The normalized spacial score (nSPS) is 14.0. The van der Waals surface area contributed by atoms with Crippen LogP contribution in [0.25, 0.3) is 0 Å². The third kappa shape index (κ3) is 4.39. The first-order valence-corrected chi connectivity index (χ1v) is 7.83. The fraction of sp³-hybridized carbons (Fsp3) is 0.250. The zero-order valence-corrected chi connectivity index (χ0v) is 12.6. The number of thiol groups is 1.